The first-order chi connectivity index (χ1) is 35.5. The molecule has 0 radical (unpaired) electrons. The Labute approximate surface area is 445 Å². The van der Waals surface area contributed by atoms with E-state index in [-0.39, 0.29) is 31.1 Å². The van der Waals surface area contributed by atoms with Gasteiger partial charge in [-0.05, 0) is 77.0 Å². The quantitative estimate of drug-likeness (QED) is 0.0261. The van der Waals surface area contributed by atoms with E-state index >= 15 is 0 Å². The van der Waals surface area contributed by atoms with Crippen molar-refractivity contribution in [1.82, 2.24) is 0 Å². The third-order valence-electron chi connectivity index (χ3n) is 13.2. The van der Waals surface area contributed by atoms with Crippen molar-refractivity contribution in [3.63, 3.8) is 0 Å². The van der Waals surface area contributed by atoms with E-state index in [4.69, 9.17) is 14.2 Å². The third kappa shape index (κ3) is 57.5. The number of hydrogen-bond acceptors (Lipinski definition) is 6. The van der Waals surface area contributed by atoms with E-state index in [1.54, 1.807) is 0 Å². The van der Waals surface area contributed by atoms with Crippen molar-refractivity contribution in [2.45, 2.75) is 303 Å². The maximum Gasteiger partial charge on any atom is 0.306 e. The van der Waals surface area contributed by atoms with E-state index in [9.17, 15) is 14.4 Å². The fraction of sp³-hybridized carbons (Fsp3) is 0.742. The molecule has 0 N–H and O–H groups in total. The van der Waals surface area contributed by atoms with Gasteiger partial charge in [0.2, 0.25) is 0 Å². The molecule has 0 aliphatic rings. The molecule has 0 aromatic heterocycles. The van der Waals surface area contributed by atoms with Crippen molar-refractivity contribution in [1.29, 1.82) is 0 Å². The van der Waals surface area contributed by atoms with Gasteiger partial charge in [-0.1, -0.05) is 286 Å². The summed E-state index contributed by atoms with van der Waals surface area (Å²) in [6.07, 6.45) is 79.0. The van der Waals surface area contributed by atoms with Gasteiger partial charge in [0, 0.05) is 19.3 Å². The lowest BCUT2D eigenvalue weighted by atomic mass is 10.0. The molecule has 6 heteroatoms. The highest BCUT2D eigenvalue weighted by Gasteiger charge is 2.19. The number of allylic oxidation sites excluding steroid dienone is 14. The van der Waals surface area contributed by atoms with Crippen LogP contribution in [0.25, 0.3) is 0 Å². The fourth-order valence-corrected chi connectivity index (χ4v) is 8.60. The SMILES string of the molecule is CC/C=C\C/C=C\C/C=C\C/C=C\C/C=C\C/C=C\C/C=C\CCCCCCCCCCCCCCCC(=O)OCC(COC(=O)CCCCCCCCCC)OC(=O)CCCCCCCCCCCCC. The first kappa shape index (κ1) is 68.6. The van der Waals surface area contributed by atoms with Crippen LogP contribution in [0, 0.1) is 0 Å². The van der Waals surface area contributed by atoms with E-state index in [1.807, 2.05) is 0 Å². The van der Waals surface area contributed by atoms with Crippen LogP contribution in [0.15, 0.2) is 85.1 Å². The predicted molar refractivity (Wildman–Crippen MR) is 311 cm³/mol. The van der Waals surface area contributed by atoms with Gasteiger partial charge in [-0.2, -0.15) is 0 Å². The molecule has 0 aromatic carbocycles. The minimum Gasteiger partial charge on any atom is -0.462 e. The summed E-state index contributed by atoms with van der Waals surface area (Å²) in [7, 11) is 0. The highest BCUT2D eigenvalue weighted by atomic mass is 16.6. The molecule has 0 heterocycles. The van der Waals surface area contributed by atoms with Crippen LogP contribution in [0.4, 0.5) is 0 Å². The van der Waals surface area contributed by atoms with Gasteiger partial charge in [0.25, 0.3) is 0 Å². The van der Waals surface area contributed by atoms with Crippen molar-refractivity contribution in [3.8, 4) is 0 Å². The Morgan fingerprint density at radius 3 is 0.847 bits per heavy atom. The zero-order valence-corrected chi connectivity index (χ0v) is 47.4. The van der Waals surface area contributed by atoms with Crippen LogP contribution in [0.3, 0.4) is 0 Å². The average Bonchev–Trinajstić information content (AvgIpc) is 3.38. The van der Waals surface area contributed by atoms with Crippen molar-refractivity contribution in [2.24, 2.45) is 0 Å². The Morgan fingerprint density at radius 1 is 0.292 bits per heavy atom. The van der Waals surface area contributed by atoms with Gasteiger partial charge in [0.15, 0.2) is 6.10 Å². The summed E-state index contributed by atoms with van der Waals surface area (Å²) in [5.74, 6) is -0.869. The molecule has 0 rings (SSSR count). The number of esters is 3. The lowest BCUT2D eigenvalue weighted by Gasteiger charge is -2.18. The van der Waals surface area contributed by atoms with E-state index < -0.39 is 6.10 Å². The summed E-state index contributed by atoms with van der Waals surface area (Å²) < 4.78 is 16.8. The summed E-state index contributed by atoms with van der Waals surface area (Å²) in [4.78, 5) is 37.9. The summed E-state index contributed by atoms with van der Waals surface area (Å²) >= 11 is 0. The van der Waals surface area contributed by atoms with E-state index in [0.29, 0.717) is 19.3 Å². The van der Waals surface area contributed by atoms with Gasteiger partial charge in [0.05, 0.1) is 0 Å². The van der Waals surface area contributed by atoms with Gasteiger partial charge < -0.3 is 14.2 Å². The molecule has 0 spiro atoms. The first-order valence-electron chi connectivity index (χ1n) is 30.6. The molecular formula is C66H114O6. The minimum atomic E-state index is -0.769. The smallest absolute Gasteiger partial charge is 0.306 e. The van der Waals surface area contributed by atoms with E-state index in [0.717, 1.165) is 103 Å². The topological polar surface area (TPSA) is 78.9 Å². The maximum atomic E-state index is 12.8. The Hall–Kier alpha value is -3.41. The second-order valence-electron chi connectivity index (χ2n) is 20.2. The highest BCUT2D eigenvalue weighted by Crippen LogP contribution is 2.16. The third-order valence-corrected chi connectivity index (χ3v) is 13.2. The van der Waals surface area contributed by atoms with Crippen LogP contribution >= 0.6 is 0 Å². The Balaban J connectivity index is 4.00. The van der Waals surface area contributed by atoms with Gasteiger partial charge in [-0.3, -0.25) is 14.4 Å². The Morgan fingerprint density at radius 2 is 0.542 bits per heavy atom. The van der Waals surface area contributed by atoms with Gasteiger partial charge >= 0.3 is 17.9 Å². The standard InChI is InChI=1S/C66H114O6/c1-4-7-10-13-16-19-21-22-23-24-25-26-27-28-29-30-31-32-33-34-35-36-37-38-39-40-41-42-43-44-46-47-50-53-56-59-65(68)71-62-63(61-70-64(67)58-55-52-49-18-15-12-9-6-3)72-66(69)60-57-54-51-48-45-20-17-14-11-8-5-2/h7,10,16,19,22-23,25-26,28-29,31-32,34-35,63H,4-6,8-9,11-15,17-18,20-21,24,27,30,33,36-62H2,1-3H3/b10-7-,19-16-,23-22-,26-25-,29-28-,32-31-,35-34-. The van der Waals surface area contributed by atoms with Gasteiger partial charge in [-0.25, -0.2) is 0 Å². The molecule has 0 saturated heterocycles. The first-order valence-corrected chi connectivity index (χ1v) is 30.6. The molecule has 0 amide bonds. The van der Waals surface area contributed by atoms with Gasteiger partial charge in [0.1, 0.15) is 13.2 Å². The Bertz CT molecular complexity index is 1380. The van der Waals surface area contributed by atoms with Crippen LogP contribution in [-0.2, 0) is 28.6 Å². The molecule has 1 unspecified atom stereocenters. The second kappa shape index (κ2) is 60.1. The van der Waals surface area contributed by atoms with Gasteiger partial charge in [-0.15, -0.1) is 0 Å². The van der Waals surface area contributed by atoms with Crippen LogP contribution in [-0.4, -0.2) is 37.2 Å². The zero-order chi connectivity index (χ0) is 52.2. The number of unbranched alkanes of at least 4 members (excludes halogenated alkanes) is 30. The molecule has 0 aromatic rings. The van der Waals surface area contributed by atoms with Crippen LogP contribution in [0.5, 0.6) is 0 Å². The number of ether oxygens (including phenoxy) is 3. The zero-order valence-electron chi connectivity index (χ0n) is 47.4. The van der Waals surface area contributed by atoms with Crippen molar-refractivity contribution in [2.75, 3.05) is 13.2 Å². The van der Waals surface area contributed by atoms with Crippen LogP contribution in [0.1, 0.15) is 297 Å². The second-order valence-corrected chi connectivity index (χ2v) is 20.2. The van der Waals surface area contributed by atoms with Crippen molar-refractivity contribution < 1.29 is 28.6 Å². The van der Waals surface area contributed by atoms with Crippen molar-refractivity contribution in [3.05, 3.63) is 85.1 Å². The normalized spacial score (nSPS) is 12.7. The number of carbonyl (C=O) groups excluding carboxylic acids is 3. The summed E-state index contributed by atoms with van der Waals surface area (Å²) in [5.41, 5.74) is 0. The average molecular weight is 1000 g/mol. The molecule has 0 fully saturated rings. The van der Waals surface area contributed by atoms with Crippen molar-refractivity contribution >= 4 is 17.9 Å². The summed E-state index contributed by atoms with van der Waals surface area (Å²) in [6.45, 7) is 6.50. The molecule has 1 atom stereocenters. The molecule has 0 saturated carbocycles. The monoisotopic (exact) mass is 1000 g/mol. The molecule has 414 valence electrons. The van der Waals surface area contributed by atoms with Crippen LogP contribution in [0.2, 0.25) is 0 Å². The molecular weight excluding hydrogens is 889 g/mol. The number of rotatable bonds is 55. The molecule has 0 aliphatic heterocycles. The lowest BCUT2D eigenvalue weighted by molar-refractivity contribution is -0.167. The van der Waals surface area contributed by atoms with E-state index in [1.165, 1.54) is 154 Å². The molecule has 72 heavy (non-hydrogen) atoms. The largest absolute Gasteiger partial charge is 0.462 e. The fourth-order valence-electron chi connectivity index (χ4n) is 8.60. The molecule has 6 nitrogen and oxygen atoms in total. The summed E-state index contributed by atoms with van der Waals surface area (Å²) in [5, 5.41) is 0. The number of carbonyl (C=O) groups is 3. The highest BCUT2D eigenvalue weighted by molar-refractivity contribution is 5.71. The lowest BCUT2D eigenvalue weighted by Crippen LogP contribution is -2.30. The van der Waals surface area contributed by atoms with E-state index in [2.05, 4.69) is 106 Å². The minimum absolute atomic E-state index is 0.0712. The molecule has 0 bridgehead atoms. The number of hydrogen-bond donors (Lipinski definition) is 0. The van der Waals surface area contributed by atoms with Crippen LogP contribution < -0.4 is 0 Å². The Kier molecular flexibility index (Phi) is 57.3. The summed E-state index contributed by atoms with van der Waals surface area (Å²) in [6, 6.07) is 0. The predicted octanol–water partition coefficient (Wildman–Crippen LogP) is 20.7. The maximum absolute atomic E-state index is 12.8. The molecule has 0 aliphatic carbocycles.